The van der Waals surface area contributed by atoms with Gasteiger partial charge in [0.25, 0.3) is 0 Å². The molecule has 2 heteroatoms. The molecule has 1 aromatic carbocycles. The van der Waals surface area contributed by atoms with Gasteiger partial charge in [-0.2, -0.15) is 12.6 Å². The van der Waals surface area contributed by atoms with Gasteiger partial charge in [-0.1, -0.05) is 37.3 Å². The third-order valence-electron chi connectivity index (χ3n) is 1.90. The van der Waals surface area contributed by atoms with Crippen LogP contribution in [0.3, 0.4) is 0 Å². The Morgan fingerprint density at radius 2 is 1.92 bits per heavy atom. The molecule has 0 saturated heterocycles. The number of nitrogens with zero attached hydrogens (tertiary/aromatic N) is 1. The van der Waals surface area contributed by atoms with Crippen molar-refractivity contribution in [2.75, 3.05) is 12.4 Å². The first-order valence-electron chi connectivity index (χ1n) is 4.24. The minimum Gasteiger partial charge on any atom is -0.290 e. The maximum Gasteiger partial charge on any atom is 0.0417 e. The van der Waals surface area contributed by atoms with E-state index in [9.17, 15) is 0 Å². The second-order valence-corrected chi connectivity index (χ2v) is 3.06. The lowest BCUT2D eigenvalue weighted by molar-refractivity contribution is 0.332. The van der Waals surface area contributed by atoms with E-state index in [4.69, 9.17) is 0 Å². The van der Waals surface area contributed by atoms with Crippen LogP contribution in [-0.2, 0) is 6.54 Å². The van der Waals surface area contributed by atoms with E-state index < -0.39 is 0 Å². The summed E-state index contributed by atoms with van der Waals surface area (Å²) in [5.74, 6) is 0.825. The molecule has 0 aromatic heterocycles. The molecule has 66 valence electrons. The summed E-state index contributed by atoms with van der Waals surface area (Å²) >= 11 is 4.25. The molecule has 0 atom stereocenters. The third-order valence-corrected chi connectivity index (χ3v) is 2.30. The van der Waals surface area contributed by atoms with Crippen molar-refractivity contribution in [3.8, 4) is 0 Å². The van der Waals surface area contributed by atoms with Crippen LogP contribution >= 0.6 is 12.6 Å². The summed E-state index contributed by atoms with van der Waals surface area (Å²) in [6.45, 7) is 4.21. The zero-order valence-electron chi connectivity index (χ0n) is 7.40. The Hall–Kier alpha value is -0.470. The zero-order chi connectivity index (χ0) is 8.81. The van der Waals surface area contributed by atoms with Gasteiger partial charge >= 0.3 is 0 Å². The van der Waals surface area contributed by atoms with Crippen molar-refractivity contribution in [3.05, 3.63) is 35.9 Å². The largest absolute Gasteiger partial charge is 0.290 e. The number of benzene rings is 1. The SMILES string of the molecule is CCN(CS)Cc1ccccc1. The summed E-state index contributed by atoms with van der Waals surface area (Å²) in [6, 6.07) is 10.5. The maximum atomic E-state index is 4.25. The summed E-state index contributed by atoms with van der Waals surface area (Å²) in [7, 11) is 0. The molecule has 0 amide bonds. The van der Waals surface area contributed by atoms with Gasteiger partial charge in [-0.15, -0.1) is 0 Å². The van der Waals surface area contributed by atoms with Crippen LogP contribution in [0, 0.1) is 0 Å². The van der Waals surface area contributed by atoms with Gasteiger partial charge in [0.1, 0.15) is 0 Å². The fourth-order valence-corrected chi connectivity index (χ4v) is 1.40. The monoisotopic (exact) mass is 181 g/mol. The number of thiol groups is 1. The smallest absolute Gasteiger partial charge is 0.0417 e. The minimum absolute atomic E-state index is 0.825. The van der Waals surface area contributed by atoms with Gasteiger partial charge in [0.15, 0.2) is 0 Å². The molecular formula is C10H15NS. The lowest BCUT2D eigenvalue weighted by Crippen LogP contribution is -2.20. The van der Waals surface area contributed by atoms with Crippen LogP contribution in [0.4, 0.5) is 0 Å². The van der Waals surface area contributed by atoms with Crippen molar-refractivity contribution in [2.24, 2.45) is 0 Å². The third kappa shape index (κ3) is 2.88. The first-order chi connectivity index (χ1) is 5.86. The Labute approximate surface area is 79.8 Å². The molecule has 0 saturated carbocycles. The maximum absolute atomic E-state index is 4.25. The molecule has 1 aromatic rings. The second-order valence-electron chi connectivity index (χ2n) is 2.77. The summed E-state index contributed by atoms with van der Waals surface area (Å²) in [4.78, 5) is 2.28. The first-order valence-corrected chi connectivity index (χ1v) is 4.87. The predicted molar refractivity (Wildman–Crippen MR) is 56.4 cm³/mol. The predicted octanol–water partition coefficient (Wildman–Crippen LogP) is 2.40. The Morgan fingerprint density at radius 3 is 2.42 bits per heavy atom. The van der Waals surface area contributed by atoms with E-state index in [0.29, 0.717) is 0 Å². The van der Waals surface area contributed by atoms with Crippen LogP contribution in [0.25, 0.3) is 0 Å². The molecule has 12 heavy (non-hydrogen) atoms. The topological polar surface area (TPSA) is 3.24 Å². The molecule has 0 aliphatic carbocycles. The Balaban J connectivity index is 2.51. The molecule has 0 spiro atoms. The van der Waals surface area contributed by atoms with Gasteiger partial charge in [0.05, 0.1) is 0 Å². The molecule has 0 heterocycles. The van der Waals surface area contributed by atoms with Gasteiger partial charge in [-0.05, 0) is 12.1 Å². The van der Waals surface area contributed by atoms with E-state index in [-0.39, 0.29) is 0 Å². The fraction of sp³-hybridized carbons (Fsp3) is 0.400. The van der Waals surface area contributed by atoms with E-state index >= 15 is 0 Å². The highest BCUT2D eigenvalue weighted by atomic mass is 32.1. The van der Waals surface area contributed by atoms with Gasteiger partial charge in [-0.25, -0.2) is 0 Å². The Morgan fingerprint density at radius 1 is 1.25 bits per heavy atom. The van der Waals surface area contributed by atoms with Crippen molar-refractivity contribution >= 4 is 12.6 Å². The van der Waals surface area contributed by atoms with E-state index in [1.807, 2.05) is 6.07 Å². The molecule has 0 aliphatic rings. The molecule has 0 bridgehead atoms. The highest BCUT2D eigenvalue weighted by Crippen LogP contribution is 2.03. The van der Waals surface area contributed by atoms with Crippen LogP contribution in [0.15, 0.2) is 30.3 Å². The van der Waals surface area contributed by atoms with Gasteiger partial charge in [-0.3, -0.25) is 4.90 Å². The van der Waals surface area contributed by atoms with Crippen LogP contribution < -0.4 is 0 Å². The van der Waals surface area contributed by atoms with Crippen LogP contribution in [0.2, 0.25) is 0 Å². The fourth-order valence-electron chi connectivity index (χ4n) is 1.10. The summed E-state index contributed by atoms with van der Waals surface area (Å²) in [6.07, 6.45) is 0. The molecule has 1 nitrogen and oxygen atoms in total. The zero-order valence-corrected chi connectivity index (χ0v) is 8.30. The molecular weight excluding hydrogens is 166 g/mol. The van der Waals surface area contributed by atoms with E-state index in [2.05, 4.69) is 48.7 Å². The number of hydrogen-bond donors (Lipinski definition) is 1. The van der Waals surface area contributed by atoms with Gasteiger partial charge in [0.2, 0.25) is 0 Å². The highest BCUT2D eigenvalue weighted by molar-refractivity contribution is 7.80. The van der Waals surface area contributed by atoms with Crippen molar-refractivity contribution in [1.82, 2.24) is 4.90 Å². The standard InChI is InChI=1S/C10H15NS/c1-2-11(9-12)8-10-6-4-3-5-7-10/h3-7,12H,2,8-9H2,1H3. The lowest BCUT2D eigenvalue weighted by atomic mass is 10.2. The quantitative estimate of drug-likeness (QED) is 0.551. The number of rotatable bonds is 4. The van der Waals surface area contributed by atoms with Crippen molar-refractivity contribution < 1.29 is 0 Å². The summed E-state index contributed by atoms with van der Waals surface area (Å²) in [5, 5.41) is 0. The first kappa shape index (κ1) is 9.62. The molecule has 0 fully saturated rings. The summed E-state index contributed by atoms with van der Waals surface area (Å²) in [5.41, 5.74) is 1.36. The second kappa shape index (κ2) is 5.22. The van der Waals surface area contributed by atoms with E-state index in [1.54, 1.807) is 0 Å². The van der Waals surface area contributed by atoms with Crippen LogP contribution in [0.5, 0.6) is 0 Å². The molecule has 1 rings (SSSR count). The Bertz CT molecular complexity index is 206. The van der Waals surface area contributed by atoms with Crippen molar-refractivity contribution in [1.29, 1.82) is 0 Å². The summed E-state index contributed by atoms with van der Waals surface area (Å²) < 4.78 is 0. The average molecular weight is 181 g/mol. The average Bonchev–Trinajstić information content (AvgIpc) is 2.16. The van der Waals surface area contributed by atoms with E-state index in [1.165, 1.54) is 5.56 Å². The molecule has 0 unspecified atom stereocenters. The van der Waals surface area contributed by atoms with Crippen molar-refractivity contribution in [2.45, 2.75) is 13.5 Å². The Kier molecular flexibility index (Phi) is 4.19. The van der Waals surface area contributed by atoms with Crippen molar-refractivity contribution in [3.63, 3.8) is 0 Å². The number of hydrogen-bond acceptors (Lipinski definition) is 2. The van der Waals surface area contributed by atoms with Gasteiger partial charge in [0, 0.05) is 12.4 Å². The molecule has 0 radical (unpaired) electrons. The molecule has 0 aliphatic heterocycles. The molecule has 0 N–H and O–H groups in total. The normalized spacial score (nSPS) is 10.6. The van der Waals surface area contributed by atoms with Crippen LogP contribution in [-0.4, -0.2) is 17.3 Å². The highest BCUT2D eigenvalue weighted by Gasteiger charge is 1.99. The van der Waals surface area contributed by atoms with Gasteiger partial charge < -0.3 is 0 Å². The minimum atomic E-state index is 0.825. The lowest BCUT2D eigenvalue weighted by Gasteiger charge is -2.16. The van der Waals surface area contributed by atoms with E-state index in [0.717, 1.165) is 19.0 Å². The van der Waals surface area contributed by atoms with Crippen LogP contribution in [0.1, 0.15) is 12.5 Å².